The Hall–Kier alpha value is -1.43. The molecule has 0 aliphatic carbocycles. The van der Waals surface area contributed by atoms with E-state index in [0.29, 0.717) is 12.1 Å². The number of hydrazine groups is 1. The summed E-state index contributed by atoms with van der Waals surface area (Å²) in [6.07, 6.45) is 0. The highest BCUT2D eigenvalue weighted by Gasteiger charge is 2.52. The van der Waals surface area contributed by atoms with Crippen LogP contribution in [-0.2, 0) is 4.79 Å². The normalized spacial score (nSPS) is 23.2. The summed E-state index contributed by atoms with van der Waals surface area (Å²) in [6.45, 7) is 4.09. The van der Waals surface area contributed by atoms with Gasteiger partial charge in [0.05, 0.1) is 0 Å². The molecule has 2 rings (SSSR count). The lowest BCUT2D eigenvalue weighted by atomic mass is 9.99. The van der Waals surface area contributed by atoms with Gasteiger partial charge in [0.15, 0.2) is 0 Å². The first-order valence-corrected chi connectivity index (χ1v) is 5.56. The molecule has 5 heteroatoms. The van der Waals surface area contributed by atoms with Crippen LogP contribution in [0.1, 0.15) is 24.1 Å². The van der Waals surface area contributed by atoms with Gasteiger partial charge in [-0.15, -0.1) is 0 Å². The van der Waals surface area contributed by atoms with Gasteiger partial charge in [0.1, 0.15) is 6.04 Å². The number of carbonyl (C=O) groups is 1. The zero-order valence-electron chi connectivity index (χ0n) is 9.84. The van der Waals surface area contributed by atoms with Crippen molar-refractivity contribution >= 4 is 5.91 Å². The van der Waals surface area contributed by atoms with Gasteiger partial charge >= 0.3 is 0 Å². The van der Waals surface area contributed by atoms with Crippen LogP contribution in [0.3, 0.4) is 0 Å². The number of hydrogen-bond acceptors (Lipinski definition) is 4. The highest BCUT2D eigenvalue weighted by Crippen LogP contribution is 2.31. The van der Waals surface area contributed by atoms with Crippen LogP contribution in [0.2, 0.25) is 0 Å². The molecule has 17 heavy (non-hydrogen) atoms. The molecule has 1 atom stereocenters. The summed E-state index contributed by atoms with van der Waals surface area (Å²) >= 11 is 0. The maximum Gasteiger partial charge on any atom is 0.298 e. The summed E-state index contributed by atoms with van der Waals surface area (Å²) in [5.41, 5.74) is 4.55. The average Bonchev–Trinajstić information content (AvgIpc) is 2.53. The SMILES string of the molecule is CCN1NC(c2ccc(C)cc2)C(O)(O)C1=O. The predicted molar refractivity (Wildman–Crippen MR) is 61.6 cm³/mol. The monoisotopic (exact) mass is 236 g/mol. The lowest BCUT2D eigenvalue weighted by Crippen LogP contribution is -2.42. The van der Waals surface area contributed by atoms with E-state index in [2.05, 4.69) is 5.43 Å². The second kappa shape index (κ2) is 4.10. The zero-order chi connectivity index (χ0) is 12.6. The van der Waals surface area contributed by atoms with Crippen molar-refractivity contribution in [2.45, 2.75) is 25.7 Å². The molecule has 3 N–H and O–H groups in total. The van der Waals surface area contributed by atoms with Crippen LogP contribution in [0.25, 0.3) is 0 Å². The molecule has 1 aliphatic rings. The number of rotatable bonds is 2. The molecule has 1 aromatic rings. The first kappa shape index (κ1) is 12.0. The fourth-order valence-corrected chi connectivity index (χ4v) is 1.93. The van der Waals surface area contributed by atoms with Crippen molar-refractivity contribution in [1.29, 1.82) is 0 Å². The van der Waals surface area contributed by atoms with Gasteiger partial charge in [-0.25, -0.2) is 5.43 Å². The number of hydrogen-bond donors (Lipinski definition) is 3. The Morgan fingerprint density at radius 1 is 1.35 bits per heavy atom. The summed E-state index contributed by atoms with van der Waals surface area (Å²) in [7, 11) is 0. The van der Waals surface area contributed by atoms with Gasteiger partial charge in [0, 0.05) is 6.54 Å². The molecule has 92 valence electrons. The largest absolute Gasteiger partial charge is 0.357 e. The Kier molecular flexibility index (Phi) is 2.91. The molecule has 1 unspecified atom stereocenters. The fraction of sp³-hybridized carbons (Fsp3) is 0.417. The number of aryl methyl sites for hydroxylation is 1. The van der Waals surface area contributed by atoms with Crippen molar-refractivity contribution in [3.8, 4) is 0 Å². The highest BCUT2D eigenvalue weighted by atomic mass is 16.5. The molecule has 1 aromatic carbocycles. The van der Waals surface area contributed by atoms with Crippen molar-refractivity contribution in [2.24, 2.45) is 0 Å². The van der Waals surface area contributed by atoms with E-state index in [1.807, 2.05) is 19.1 Å². The molecule has 1 aliphatic heterocycles. The van der Waals surface area contributed by atoms with E-state index in [4.69, 9.17) is 0 Å². The molecule has 1 heterocycles. The molecule has 0 bridgehead atoms. The van der Waals surface area contributed by atoms with Gasteiger partial charge in [0.25, 0.3) is 11.7 Å². The average molecular weight is 236 g/mol. The third-order valence-corrected chi connectivity index (χ3v) is 2.97. The summed E-state index contributed by atoms with van der Waals surface area (Å²) in [6, 6.07) is 6.47. The lowest BCUT2D eigenvalue weighted by molar-refractivity contribution is -0.186. The highest BCUT2D eigenvalue weighted by molar-refractivity contribution is 5.86. The predicted octanol–water partition coefficient (Wildman–Crippen LogP) is 0.0837. The minimum Gasteiger partial charge on any atom is -0.357 e. The Morgan fingerprint density at radius 2 is 1.94 bits per heavy atom. The topological polar surface area (TPSA) is 72.8 Å². The van der Waals surface area contributed by atoms with E-state index in [0.717, 1.165) is 5.56 Å². The third-order valence-electron chi connectivity index (χ3n) is 2.97. The fourth-order valence-electron chi connectivity index (χ4n) is 1.93. The van der Waals surface area contributed by atoms with Crippen LogP contribution in [0, 0.1) is 6.92 Å². The first-order valence-electron chi connectivity index (χ1n) is 5.56. The number of carbonyl (C=O) groups excluding carboxylic acids is 1. The molecule has 0 radical (unpaired) electrons. The van der Waals surface area contributed by atoms with Crippen LogP contribution < -0.4 is 5.43 Å². The van der Waals surface area contributed by atoms with Crippen LogP contribution in [0.5, 0.6) is 0 Å². The summed E-state index contributed by atoms with van der Waals surface area (Å²) in [5, 5.41) is 20.9. The number of nitrogens with one attached hydrogen (secondary N) is 1. The molecule has 5 nitrogen and oxygen atoms in total. The second-order valence-corrected chi connectivity index (χ2v) is 4.25. The van der Waals surface area contributed by atoms with E-state index < -0.39 is 17.7 Å². The molecule has 0 spiro atoms. The van der Waals surface area contributed by atoms with E-state index in [1.165, 1.54) is 5.01 Å². The van der Waals surface area contributed by atoms with Crippen molar-refractivity contribution in [3.63, 3.8) is 0 Å². The van der Waals surface area contributed by atoms with Crippen LogP contribution in [-0.4, -0.2) is 33.5 Å². The number of amides is 1. The molecule has 0 aromatic heterocycles. The maximum absolute atomic E-state index is 11.7. The minimum atomic E-state index is -2.38. The Bertz CT molecular complexity index is 428. The summed E-state index contributed by atoms with van der Waals surface area (Å²) in [5.74, 6) is -3.10. The zero-order valence-corrected chi connectivity index (χ0v) is 9.84. The number of benzene rings is 1. The maximum atomic E-state index is 11.7. The molecule has 1 amide bonds. The molecule has 0 saturated carbocycles. The molecule has 1 fully saturated rings. The van der Waals surface area contributed by atoms with Gasteiger partial charge in [-0.1, -0.05) is 29.8 Å². The van der Waals surface area contributed by atoms with Gasteiger partial charge in [-0.05, 0) is 19.4 Å². The smallest absolute Gasteiger partial charge is 0.298 e. The number of likely N-dealkylation sites (N-methyl/N-ethyl adjacent to an activating group) is 1. The molecule has 1 saturated heterocycles. The van der Waals surface area contributed by atoms with Gasteiger partial charge < -0.3 is 10.2 Å². The number of aliphatic hydroxyl groups is 2. The first-order chi connectivity index (χ1) is 7.96. The van der Waals surface area contributed by atoms with Crippen LogP contribution in [0.15, 0.2) is 24.3 Å². The Balaban J connectivity index is 2.33. The van der Waals surface area contributed by atoms with Gasteiger partial charge in [0.2, 0.25) is 0 Å². The van der Waals surface area contributed by atoms with E-state index >= 15 is 0 Å². The quantitative estimate of drug-likeness (QED) is 0.636. The second-order valence-electron chi connectivity index (χ2n) is 4.25. The van der Waals surface area contributed by atoms with Crippen molar-refractivity contribution < 1.29 is 15.0 Å². The van der Waals surface area contributed by atoms with Crippen molar-refractivity contribution in [2.75, 3.05) is 6.54 Å². The molecular formula is C12H16N2O3. The van der Waals surface area contributed by atoms with E-state index in [9.17, 15) is 15.0 Å². The number of nitrogens with zero attached hydrogens (tertiary/aromatic N) is 1. The van der Waals surface area contributed by atoms with E-state index in [1.54, 1.807) is 19.1 Å². The van der Waals surface area contributed by atoms with Gasteiger partial charge in [-0.3, -0.25) is 9.80 Å². The Labute approximate surface area is 99.6 Å². The van der Waals surface area contributed by atoms with Gasteiger partial charge in [-0.2, -0.15) is 0 Å². The van der Waals surface area contributed by atoms with Crippen molar-refractivity contribution in [3.05, 3.63) is 35.4 Å². The third kappa shape index (κ3) is 1.93. The lowest BCUT2D eigenvalue weighted by Gasteiger charge is -2.20. The van der Waals surface area contributed by atoms with Crippen molar-refractivity contribution in [1.82, 2.24) is 10.4 Å². The van der Waals surface area contributed by atoms with Crippen LogP contribution >= 0.6 is 0 Å². The summed E-state index contributed by atoms with van der Waals surface area (Å²) in [4.78, 5) is 11.7. The van der Waals surface area contributed by atoms with E-state index in [-0.39, 0.29) is 0 Å². The molecular weight excluding hydrogens is 220 g/mol. The Morgan fingerprint density at radius 3 is 2.41 bits per heavy atom. The van der Waals surface area contributed by atoms with Crippen LogP contribution in [0.4, 0.5) is 0 Å². The standard InChI is InChI=1S/C12H16N2O3/c1-3-14-11(15)12(16,17)10(13-14)9-6-4-8(2)5-7-9/h4-7,10,13,16-17H,3H2,1-2H3. The summed E-state index contributed by atoms with van der Waals surface area (Å²) < 4.78 is 0. The minimum absolute atomic E-state index is 0.379.